The number of benzene rings is 5. The molecule has 48 heavy (non-hydrogen) atoms. The zero-order valence-electron chi connectivity index (χ0n) is 26.2. The van der Waals surface area contributed by atoms with E-state index in [2.05, 4.69) is 0 Å². The van der Waals surface area contributed by atoms with Crippen LogP contribution in [-0.4, -0.2) is 22.2 Å². The number of phenols is 1. The van der Waals surface area contributed by atoms with Crippen LogP contribution in [0.1, 0.15) is 40.7 Å². The molecule has 0 aliphatic carbocycles. The van der Waals surface area contributed by atoms with Gasteiger partial charge in [0, 0.05) is 18.9 Å². The van der Waals surface area contributed by atoms with Crippen molar-refractivity contribution in [3.05, 3.63) is 167 Å². The highest BCUT2D eigenvalue weighted by molar-refractivity contribution is 5.69. The van der Waals surface area contributed by atoms with E-state index in [1.165, 1.54) is 0 Å². The van der Waals surface area contributed by atoms with Crippen molar-refractivity contribution in [3.8, 4) is 11.5 Å². The SMILES string of the molecule is O=C(CCc1ccccc1)OCc1ccccc1.O=C(O)CCc1ccccc1.Oc1cc(OCc2ccccc2)cc(C(F)(F)F)c1. The number of phenolic OH excluding ortho intramolecular Hbond substituents is 1. The minimum atomic E-state index is -4.51. The molecular formula is C39H37F3O6. The first-order valence-corrected chi connectivity index (χ1v) is 15.2. The second-order valence-corrected chi connectivity index (χ2v) is 10.5. The molecule has 0 spiro atoms. The minimum Gasteiger partial charge on any atom is -0.508 e. The second-order valence-electron chi connectivity index (χ2n) is 10.5. The van der Waals surface area contributed by atoms with Gasteiger partial charge in [-0.05, 0) is 47.2 Å². The van der Waals surface area contributed by atoms with E-state index < -0.39 is 23.5 Å². The molecule has 250 valence electrons. The lowest BCUT2D eigenvalue weighted by Crippen LogP contribution is -2.05. The fourth-order valence-corrected chi connectivity index (χ4v) is 4.17. The van der Waals surface area contributed by atoms with Crippen molar-refractivity contribution < 1.29 is 42.4 Å². The van der Waals surface area contributed by atoms with E-state index in [1.54, 1.807) is 12.1 Å². The van der Waals surface area contributed by atoms with Crippen molar-refractivity contribution in [1.82, 2.24) is 0 Å². The van der Waals surface area contributed by atoms with Gasteiger partial charge < -0.3 is 19.7 Å². The summed E-state index contributed by atoms with van der Waals surface area (Å²) in [5.74, 6) is -1.38. The Labute approximate surface area is 278 Å². The molecule has 5 aromatic carbocycles. The first-order chi connectivity index (χ1) is 23.1. The molecule has 0 aliphatic rings. The van der Waals surface area contributed by atoms with E-state index >= 15 is 0 Å². The summed E-state index contributed by atoms with van der Waals surface area (Å²) in [6.45, 7) is 0.496. The van der Waals surface area contributed by atoms with Crippen molar-refractivity contribution in [2.24, 2.45) is 0 Å². The van der Waals surface area contributed by atoms with Crippen LogP contribution >= 0.6 is 0 Å². The molecule has 0 saturated heterocycles. The van der Waals surface area contributed by atoms with Crippen molar-refractivity contribution in [3.63, 3.8) is 0 Å². The average molecular weight is 659 g/mol. The summed E-state index contributed by atoms with van der Waals surface area (Å²) in [6, 6.07) is 41.0. The number of aryl methyl sites for hydroxylation is 2. The summed E-state index contributed by atoms with van der Waals surface area (Å²) in [5, 5.41) is 17.6. The lowest BCUT2D eigenvalue weighted by atomic mass is 10.1. The summed E-state index contributed by atoms with van der Waals surface area (Å²) in [6.07, 6.45) is -2.52. The first kappa shape index (κ1) is 36.9. The number of rotatable bonds is 11. The van der Waals surface area contributed by atoms with Crippen LogP contribution in [0.4, 0.5) is 13.2 Å². The van der Waals surface area contributed by atoms with Crippen LogP contribution in [0.2, 0.25) is 0 Å². The topological polar surface area (TPSA) is 93.1 Å². The number of ether oxygens (including phenoxy) is 2. The summed E-state index contributed by atoms with van der Waals surface area (Å²) < 4.78 is 48.1. The number of carboxylic acid groups (broad SMARTS) is 1. The fraction of sp³-hybridized carbons (Fsp3) is 0.179. The highest BCUT2D eigenvalue weighted by Gasteiger charge is 2.31. The largest absolute Gasteiger partial charge is 0.508 e. The van der Waals surface area contributed by atoms with Crippen molar-refractivity contribution in [2.75, 3.05) is 0 Å². The Morgan fingerprint density at radius 2 is 1.02 bits per heavy atom. The van der Waals surface area contributed by atoms with Crippen LogP contribution in [0.25, 0.3) is 0 Å². The van der Waals surface area contributed by atoms with Gasteiger partial charge >= 0.3 is 18.1 Å². The first-order valence-electron chi connectivity index (χ1n) is 15.2. The van der Waals surface area contributed by atoms with Crippen LogP contribution in [0.5, 0.6) is 11.5 Å². The van der Waals surface area contributed by atoms with Crippen LogP contribution < -0.4 is 4.74 Å². The fourth-order valence-electron chi connectivity index (χ4n) is 4.17. The molecule has 5 aromatic rings. The molecule has 0 radical (unpaired) electrons. The standard InChI is InChI=1S/C16H16O2.C14H11F3O2.C9H10O2/c17-16(12-11-14-7-3-1-4-8-14)18-13-15-9-5-2-6-10-15;15-14(16,17)11-6-12(18)8-13(7-11)19-9-10-4-2-1-3-5-10;10-9(11)7-6-8-4-2-1-3-5-8/h1-10H,11-13H2;1-8,18H,9H2;1-5H,6-7H2,(H,10,11). The molecule has 0 unspecified atom stereocenters. The van der Waals surface area contributed by atoms with Gasteiger partial charge in [0.1, 0.15) is 24.7 Å². The molecule has 0 bridgehead atoms. The van der Waals surface area contributed by atoms with Crippen molar-refractivity contribution in [1.29, 1.82) is 0 Å². The quantitative estimate of drug-likeness (QED) is 0.138. The summed E-state index contributed by atoms with van der Waals surface area (Å²) in [5.41, 5.74) is 3.16. The molecule has 0 saturated carbocycles. The molecule has 0 amide bonds. The lowest BCUT2D eigenvalue weighted by molar-refractivity contribution is -0.145. The van der Waals surface area contributed by atoms with E-state index in [4.69, 9.17) is 14.6 Å². The van der Waals surface area contributed by atoms with Gasteiger partial charge in [0.25, 0.3) is 0 Å². The number of halogens is 3. The monoisotopic (exact) mass is 658 g/mol. The summed E-state index contributed by atoms with van der Waals surface area (Å²) in [4.78, 5) is 21.7. The third-order valence-corrected chi connectivity index (χ3v) is 6.64. The Bertz CT molecular complexity index is 1600. The maximum absolute atomic E-state index is 12.5. The predicted molar refractivity (Wildman–Crippen MR) is 177 cm³/mol. The molecule has 0 aromatic heterocycles. The average Bonchev–Trinajstić information content (AvgIpc) is 3.10. The number of carbonyl (C=O) groups is 2. The van der Waals surface area contributed by atoms with Gasteiger partial charge in [0.05, 0.1) is 5.56 Å². The molecule has 6 nitrogen and oxygen atoms in total. The molecular weight excluding hydrogens is 621 g/mol. The van der Waals surface area contributed by atoms with Crippen molar-refractivity contribution >= 4 is 11.9 Å². The Kier molecular flexibility index (Phi) is 15.2. The van der Waals surface area contributed by atoms with Gasteiger partial charge in [-0.3, -0.25) is 9.59 Å². The maximum Gasteiger partial charge on any atom is 0.416 e. The molecule has 2 N–H and O–H groups in total. The van der Waals surface area contributed by atoms with Gasteiger partial charge in [0.15, 0.2) is 0 Å². The zero-order valence-corrected chi connectivity index (χ0v) is 26.2. The van der Waals surface area contributed by atoms with E-state index in [-0.39, 0.29) is 24.7 Å². The van der Waals surface area contributed by atoms with E-state index in [0.717, 1.165) is 40.8 Å². The third kappa shape index (κ3) is 15.1. The normalized spacial score (nSPS) is 10.4. The number of carboxylic acids is 1. The number of hydrogen-bond acceptors (Lipinski definition) is 5. The molecule has 0 atom stereocenters. The molecule has 0 aliphatic heterocycles. The smallest absolute Gasteiger partial charge is 0.416 e. The Morgan fingerprint density at radius 3 is 1.48 bits per heavy atom. The van der Waals surface area contributed by atoms with E-state index in [0.29, 0.717) is 25.5 Å². The Morgan fingerprint density at radius 1 is 0.583 bits per heavy atom. The van der Waals surface area contributed by atoms with Crippen LogP contribution in [0.3, 0.4) is 0 Å². The molecule has 0 fully saturated rings. The summed E-state index contributed by atoms with van der Waals surface area (Å²) in [7, 11) is 0. The van der Waals surface area contributed by atoms with Crippen LogP contribution in [0.15, 0.2) is 140 Å². The highest BCUT2D eigenvalue weighted by atomic mass is 19.4. The second kappa shape index (κ2) is 19.8. The third-order valence-electron chi connectivity index (χ3n) is 6.64. The number of alkyl halides is 3. The van der Waals surface area contributed by atoms with Crippen LogP contribution in [-0.2, 0) is 46.6 Å². The van der Waals surface area contributed by atoms with Gasteiger partial charge in [-0.25, -0.2) is 0 Å². The number of carbonyl (C=O) groups excluding carboxylic acids is 1. The Balaban J connectivity index is 0.000000203. The van der Waals surface area contributed by atoms with E-state index in [9.17, 15) is 27.9 Å². The molecule has 0 heterocycles. The number of aliphatic carboxylic acids is 1. The molecule has 9 heteroatoms. The number of hydrogen-bond donors (Lipinski definition) is 2. The number of esters is 1. The lowest BCUT2D eigenvalue weighted by Gasteiger charge is -2.11. The summed E-state index contributed by atoms with van der Waals surface area (Å²) >= 11 is 0. The maximum atomic E-state index is 12.5. The highest BCUT2D eigenvalue weighted by Crippen LogP contribution is 2.34. The van der Waals surface area contributed by atoms with Crippen molar-refractivity contribution in [2.45, 2.75) is 45.1 Å². The zero-order chi connectivity index (χ0) is 34.6. The number of aromatic hydroxyl groups is 1. The Hall–Kier alpha value is -5.57. The predicted octanol–water partition coefficient (Wildman–Crippen LogP) is 9.06. The van der Waals surface area contributed by atoms with Gasteiger partial charge in [-0.15, -0.1) is 0 Å². The molecule has 5 rings (SSSR count). The van der Waals surface area contributed by atoms with Gasteiger partial charge in [0.2, 0.25) is 0 Å². The van der Waals surface area contributed by atoms with Gasteiger partial charge in [-0.1, -0.05) is 121 Å². The van der Waals surface area contributed by atoms with Crippen LogP contribution in [0, 0.1) is 0 Å². The minimum absolute atomic E-state index is 0.0174. The van der Waals surface area contributed by atoms with Gasteiger partial charge in [-0.2, -0.15) is 13.2 Å². The van der Waals surface area contributed by atoms with E-state index in [1.807, 2.05) is 109 Å².